The molecule has 1 aliphatic heterocycles. The molecule has 3 aromatic rings. The molecule has 160 valence electrons. The van der Waals surface area contributed by atoms with Crippen molar-refractivity contribution in [3.05, 3.63) is 101 Å². The van der Waals surface area contributed by atoms with Gasteiger partial charge in [-0.05, 0) is 60.3 Å². The summed E-state index contributed by atoms with van der Waals surface area (Å²) < 4.78 is 5.93. The molecule has 1 N–H and O–H groups in total. The third-order valence-corrected chi connectivity index (χ3v) is 6.00. The Morgan fingerprint density at radius 1 is 1.00 bits per heavy atom. The van der Waals surface area contributed by atoms with Crippen LogP contribution >= 0.6 is 11.6 Å². The summed E-state index contributed by atoms with van der Waals surface area (Å²) in [6.45, 7) is 1.24. The highest BCUT2D eigenvalue weighted by Crippen LogP contribution is 2.35. The average molecular weight is 436 g/mol. The predicted octanol–water partition coefficient (Wildman–Crippen LogP) is 5.95. The number of rotatable bonds is 7. The van der Waals surface area contributed by atoms with Crippen molar-refractivity contribution in [2.45, 2.75) is 38.0 Å². The normalized spacial score (nSPS) is 17.8. The molecule has 4 nitrogen and oxygen atoms in total. The summed E-state index contributed by atoms with van der Waals surface area (Å²) in [7, 11) is 0. The number of piperidine rings is 1. The lowest BCUT2D eigenvalue weighted by Crippen LogP contribution is -2.46. The van der Waals surface area contributed by atoms with Gasteiger partial charge in [0.15, 0.2) is 0 Å². The van der Waals surface area contributed by atoms with Crippen molar-refractivity contribution in [3.63, 3.8) is 0 Å². The maximum absolute atomic E-state index is 12.0. The van der Waals surface area contributed by atoms with E-state index in [0.29, 0.717) is 18.1 Å². The van der Waals surface area contributed by atoms with E-state index in [1.54, 1.807) is 0 Å². The second-order valence-electron chi connectivity index (χ2n) is 7.89. The first-order valence-electron chi connectivity index (χ1n) is 10.6. The minimum absolute atomic E-state index is 0.178. The number of hydrogen-bond donors (Lipinski definition) is 1. The van der Waals surface area contributed by atoms with Crippen molar-refractivity contribution < 1.29 is 14.6 Å². The summed E-state index contributed by atoms with van der Waals surface area (Å²) in [5.74, 6) is 0.0143. The fraction of sp³-hybridized carbons (Fsp3) is 0.269. The van der Waals surface area contributed by atoms with Crippen molar-refractivity contribution >= 4 is 17.6 Å². The molecule has 3 aromatic carbocycles. The Morgan fingerprint density at radius 2 is 1.77 bits per heavy atom. The number of aliphatic carboxylic acids is 1. The van der Waals surface area contributed by atoms with Crippen LogP contribution in [0.25, 0.3) is 0 Å². The summed E-state index contributed by atoms with van der Waals surface area (Å²) >= 11 is 6.28. The van der Waals surface area contributed by atoms with Crippen molar-refractivity contribution in [3.8, 4) is 5.75 Å². The van der Waals surface area contributed by atoms with Crippen LogP contribution < -0.4 is 4.74 Å². The van der Waals surface area contributed by atoms with E-state index in [1.807, 2.05) is 78.9 Å². The molecule has 0 spiro atoms. The molecule has 0 aliphatic carbocycles. The molecule has 4 rings (SSSR count). The van der Waals surface area contributed by atoms with Crippen LogP contribution in [0.15, 0.2) is 78.9 Å². The van der Waals surface area contributed by atoms with E-state index in [0.717, 1.165) is 41.8 Å². The van der Waals surface area contributed by atoms with E-state index in [1.165, 1.54) is 0 Å². The summed E-state index contributed by atoms with van der Waals surface area (Å²) in [4.78, 5) is 14.1. The van der Waals surface area contributed by atoms with Crippen LogP contribution in [-0.4, -0.2) is 28.6 Å². The Labute approximate surface area is 188 Å². The maximum atomic E-state index is 12.0. The number of halogens is 1. The number of ether oxygens (including phenoxy) is 1. The molecule has 2 atom stereocenters. The van der Waals surface area contributed by atoms with Crippen LogP contribution in [0.2, 0.25) is 5.02 Å². The molecule has 1 fully saturated rings. The number of carboxylic acids is 1. The summed E-state index contributed by atoms with van der Waals surface area (Å²) in [6.07, 6.45) is 2.58. The molecular formula is C26H26ClNO3. The highest BCUT2D eigenvalue weighted by atomic mass is 35.5. The van der Waals surface area contributed by atoms with E-state index >= 15 is 0 Å². The van der Waals surface area contributed by atoms with E-state index < -0.39 is 12.0 Å². The van der Waals surface area contributed by atoms with Gasteiger partial charge in [-0.3, -0.25) is 9.69 Å². The van der Waals surface area contributed by atoms with Gasteiger partial charge in [-0.1, -0.05) is 72.6 Å². The van der Waals surface area contributed by atoms with Crippen LogP contribution in [0.5, 0.6) is 5.75 Å². The van der Waals surface area contributed by atoms with Crippen LogP contribution in [0.4, 0.5) is 0 Å². The first-order chi connectivity index (χ1) is 15.1. The van der Waals surface area contributed by atoms with Crippen molar-refractivity contribution in [2.75, 3.05) is 6.54 Å². The Hall–Kier alpha value is -2.82. The van der Waals surface area contributed by atoms with Gasteiger partial charge in [0.2, 0.25) is 0 Å². The van der Waals surface area contributed by atoms with Gasteiger partial charge in [0.25, 0.3) is 0 Å². The van der Waals surface area contributed by atoms with Gasteiger partial charge in [-0.2, -0.15) is 0 Å². The van der Waals surface area contributed by atoms with Crippen LogP contribution in [0.3, 0.4) is 0 Å². The lowest BCUT2D eigenvalue weighted by molar-refractivity contribution is -0.145. The molecule has 1 heterocycles. The minimum Gasteiger partial charge on any atom is -0.489 e. The molecule has 0 saturated carbocycles. The molecule has 5 heteroatoms. The molecule has 0 amide bonds. The number of carboxylic acid groups (broad SMARTS) is 1. The second kappa shape index (κ2) is 9.99. The van der Waals surface area contributed by atoms with Crippen LogP contribution in [0, 0.1) is 0 Å². The predicted molar refractivity (Wildman–Crippen MR) is 122 cm³/mol. The zero-order valence-corrected chi connectivity index (χ0v) is 18.0. The summed E-state index contributed by atoms with van der Waals surface area (Å²) in [6, 6.07) is 25.0. The number of benzene rings is 3. The van der Waals surface area contributed by atoms with Gasteiger partial charge < -0.3 is 9.84 Å². The van der Waals surface area contributed by atoms with Crippen LogP contribution in [-0.2, 0) is 11.4 Å². The number of hydrogen-bond acceptors (Lipinski definition) is 3. The lowest BCUT2D eigenvalue weighted by Gasteiger charge is -2.39. The van der Waals surface area contributed by atoms with E-state index in [-0.39, 0.29) is 6.04 Å². The van der Waals surface area contributed by atoms with Gasteiger partial charge in [0.1, 0.15) is 18.4 Å². The van der Waals surface area contributed by atoms with Gasteiger partial charge in [-0.25, -0.2) is 0 Å². The third kappa shape index (κ3) is 5.27. The Kier molecular flexibility index (Phi) is 6.90. The van der Waals surface area contributed by atoms with E-state index in [9.17, 15) is 9.90 Å². The highest BCUT2D eigenvalue weighted by Gasteiger charge is 2.35. The average Bonchev–Trinajstić information content (AvgIpc) is 2.80. The second-order valence-corrected chi connectivity index (χ2v) is 8.32. The van der Waals surface area contributed by atoms with Crippen molar-refractivity contribution in [2.24, 2.45) is 0 Å². The molecule has 31 heavy (non-hydrogen) atoms. The molecule has 2 unspecified atom stereocenters. The van der Waals surface area contributed by atoms with Gasteiger partial charge in [0.05, 0.1) is 6.04 Å². The molecule has 0 radical (unpaired) electrons. The monoisotopic (exact) mass is 435 g/mol. The Morgan fingerprint density at radius 3 is 2.48 bits per heavy atom. The number of carbonyl (C=O) groups is 1. The fourth-order valence-corrected chi connectivity index (χ4v) is 4.47. The van der Waals surface area contributed by atoms with Crippen molar-refractivity contribution in [1.82, 2.24) is 4.90 Å². The molecule has 1 aliphatic rings. The van der Waals surface area contributed by atoms with Gasteiger partial charge >= 0.3 is 5.97 Å². The third-order valence-electron chi connectivity index (χ3n) is 5.77. The molecule has 0 aromatic heterocycles. The van der Waals surface area contributed by atoms with Crippen molar-refractivity contribution in [1.29, 1.82) is 0 Å². The first kappa shape index (κ1) is 21.4. The summed E-state index contributed by atoms with van der Waals surface area (Å²) in [5, 5.41) is 10.5. The first-order valence-corrected chi connectivity index (χ1v) is 11.0. The molecular weight excluding hydrogens is 410 g/mol. The highest BCUT2D eigenvalue weighted by molar-refractivity contribution is 6.30. The largest absolute Gasteiger partial charge is 0.489 e. The Bertz CT molecular complexity index is 1010. The zero-order chi connectivity index (χ0) is 21.6. The number of likely N-dealkylation sites (tertiary alicyclic amines) is 1. The number of nitrogens with zero attached hydrogens (tertiary/aromatic N) is 1. The van der Waals surface area contributed by atoms with Gasteiger partial charge in [-0.15, -0.1) is 0 Å². The minimum atomic E-state index is -0.769. The van der Waals surface area contributed by atoms with Crippen LogP contribution in [0.1, 0.15) is 42.0 Å². The summed E-state index contributed by atoms with van der Waals surface area (Å²) in [5.41, 5.74) is 3.14. The van der Waals surface area contributed by atoms with E-state index in [4.69, 9.17) is 16.3 Å². The van der Waals surface area contributed by atoms with Gasteiger partial charge in [0, 0.05) is 5.02 Å². The zero-order valence-electron chi connectivity index (χ0n) is 17.3. The maximum Gasteiger partial charge on any atom is 0.320 e. The smallest absolute Gasteiger partial charge is 0.320 e. The fourth-order valence-electron chi connectivity index (χ4n) is 4.27. The molecule has 0 bridgehead atoms. The topological polar surface area (TPSA) is 49.8 Å². The Balaban J connectivity index is 1.61. The van der Waals surface area contributed by atoms with E-state index in [2.05, 4.69) is 4.90 Å². The standard InChI is InChI=1S/C26H26ClNO3/c27-22-10-6-9-21(17-22)25(28-16-5-4-11-24(28)26(29)30)20-12-14-23(15-13-20)31-18-19-7-2-1-3-8-19/h1-3,6-10,12-15,17,24-25H,4-5,11,16,18H2,(H,29,30). The SMILES string of the molecule is O=C(O)C1CCCCN1C(c1ccc(OCc2ccccc2)cc1)c1cccc(Cl)c1. The quantitative estimate of drug-likeness (QED) is 0.498. The lowest BCUT2D eigenvalue weighted by atomic mass is 9.91. The molecule has 1 saturated heterocycles.